The molecule has 0 fully saturated rings. The van der Waals surface area contributed by atoms with Crippen LogP contribution in [0.15, 0.2) is 36.7 Å². The van der Waals surface area contributed by atoms with Gasteiger partial charge in [-0.15, -0.1) is 0 Å². The number of rotatable bonds is 7. The van der Waals surface area contributed by atoms with Crippen molar-refractivity contribution in [2.45, 2.75) is 19.5 Å². The molecule has 0 aliphatic heterocycles. The third-order valence-electron chi connectivity index (χ3n) is 4.52. The summed E-state index contributed by atoms with van der Waals surface area (Å²) in [4.78, 5) is 20.6. The number of carbonyl (C=O) groups is 1. The largest absolute Gasteiger partial charge is 0.496 e. The summed E-state index contributed by atoms with van der Waals surface area (Å²) >= 11 is 5.86. The highest BCUT2D eigenvalue weighted by atomic mass is 35.5. The van der Waals surface area contributed by atoms with Gasteiger partial charge in [0.15, 0.2) is 5.82 Å². The summed E-state index contributed by atoms with van der Waals surface area (Å²) in [6, 6.07) is 7.91. The lowest BCUT2D eigenvalue weighted by atomic mass is 10.1. The monoisotopic (exact) mass is 417 g/mol. The molecule has 0 aliphatic rings. The number of benzene rings is 2. The van der Waals surface area contributed by atoms with Crippen molar-refractivity contribution in [3.8, 4) is 5.75 Å². The molecule has 3 rings (SSSR count). The standard InChI is InChI=1S/C20H21ClFN5O2/c1-11(23-2)20(28)24-9-12-7-13-16(8-17(12)29-3)25-10-26-19(13)27-15-6-4-5-14(21)18(15)22/h4-8,10-11,23H,9H2,1-3H3,(H,24,28)(H,25,26,27)/t11-/m0/s1. The average molecular weight is 418 g/mol. The van der Waals surface area contributed by atoms with Crippen LogP contribution in [0.25, 0.3) is 10.9 Å². The van der Waals surface area contributed by atoms with E-state index in [0.29, 0.717) is 22.5 Å². The fourth-order valence-corrected chi connectivity index (χ4v) is 2.93. The summed E-state index contributed by atoms with van der Waals surface area (Å²) in [6.07, 6.45) is 1.38. The molecule has 0 bridgehead atoms. The fraction of sp³-hybridized carbons (Fsp3) is 0.250. The molecule has 152 valence electrons. The number of hydrogen-bond acceptors (Lipinski definition) is 6. The minimum atomic E-state index is -0.567. The van der Waals surface area contributed by atoms with E-state index in [4.69, 9.17) is 16.3 Å². The lowest BCUT2D eigenvalue weighted by Gasteiger charge is -2.15. The Kier molecular flexibility index (Phi) is 6.46. The molecule has 0 unspecified atom stereocenters. The summed E-state index contributed by atoms with van der Waals surface area (Å²) in [5.74, 6) is 0.282. The molecule has 1 aromatic heterocycles. The highest BCUT2D eigenvalue weighted by Gasteiger charge is 2.15. The zero-order valence-corrected chi connectivity index (χ0v) is 17.0. The first-order valence-electron chi connectivity index (χ1n) is 8.92. The van der Waals surface area contributed by atoms with Gasteiger partial charge in [-0.2, -0.15) is 0 Å². The Morgan fingerprint density at radius 3 is 2.83 bits per heavy atom. The minimum Gasteiger partial charge on any atom is -0.496 e. The zero-order valence-electron chi connectivity index (χ0n) is 16.2. The van der Waals surface area contributed by atoms with Gasteiger partial charge >= 0.3 is 0 Å². The number of carbonyl (C=O) groups excluding carboxylic acids is 1. The van der Waals surface area contributed by atoms with Crippen LogP contribution < -0.4 is 20.7 Å². The van der Waals surface area contributed by atoms with Gasteiger partial charge in [-0.3, -0.25) is 4.79 Å². The number of nitrogens with one attached hydrogen (secondary N) is 3. The maximum absolute atomic E-state index is 14.3. The third kappa shape index (κ3) is 4.55. The van der Waals surface area contributed by atoms with Crippen LogP contribution in [0.1, 0.15) is 12.5 Å². The maximum atomic E-state index is 14.3. The highest BCUT2D eigenvalue weighted by molar-refractivity contribution is 6.31. The van der Waals surface area contributed by atoms with Crippen LogP contribution in [-0.2, 0) is 11.3 Å². The predicted molar refractivity (Wildman–Crippen MR) is 111 cm³/mol. The van der Waals surface area contributed by atoms with Crippen molar-refractivity contribution in [2.75, 3.05) is 19.5 Å². The number of halogens is 2. The fourth-order valence-electron chi connectivity index (χ4n) is 2.75. The lowest BCUT2D eigenvalue weighted by molar-refractivity contribution is -0.122. The third-order valence-corrected chi connectivity index (χ3v) is 4.81. The van der Waals surface area contributed by atoms with E-state index < -0.39 is 5.82 Å². The van der Waals surface area contributed by atoms with Crippen LogP contribution in [0.3, 0.4) is 0 Å². The van der Waals surface area contributed by atoms with Gasteiger partial charge in [0.1, 0.15) is 17.9 Å². The summed E-state index contributed by atoms with van der Waals surface area (Å²) < 4.78 is 19.7. The number of ether oxygens (including phenoxy) is 1. The molecule has 9 heteroatoms. The topological polar surface area (TPSA) is 88.2 Å². The number of aromatic nitrogens is 2. The number of fused-ring (bicyclic) bond motifs is 1. The van der Waals surface area contributed by atoms with Crippen molar-refractivity contribution in [1.82, 2.24) is 20.6 Å². The van der Waals surface area contributed by atoms with Crippen LogP contribution in [0, 0.1) is 5.82 Å². The molecule has 0 aliphatic carbocycles. The molecule has 1 atom stereocenters. The van der Waals surface area contributed by atoms with E-state index in [1.807, 2.05) is 6.07 Å². The molecular formula is C20H21ClFN5O2. The molecule has 2 aromatic carbocycles. The predicted octanol–water partition coefficient (Wildman–Crippen LogP) is 3.40. The summed E-state index contributed by atoms with van der Waals surface area (Å²) in [5, 5.41) is 9.37. The zero-order chi connectivity index (χ0) is 21.0. The number of methoxy groups -OCH3 is 1. The second kappa shape index (κ2) is 9.02. The second-order valence-electron chi connectivity index (χ2n) is 6.36. The van der Waals surface area contributed by atoms with Gasteiger partial charge in [0.25, 0.3) is 0 Å². The first-order chi connectivity index (χ1) is 13.9. The van der Waals surface area contributed by atoms with E-state index in [1.54, 1.807) is 39.3 Å². The van der Waals surface area contributed by atoms with Gasteiger partial charge in [-0.25, -0.2) is 14.4 Å². The van der Waals surface area contributed by atoms with Crippen LogP contribution in [0.2, 0.25) is 5.02 Å². The smallest absolute Gasteiger partial charge is 0.237 e. The number of likely N-dealkylation sites (N-methyl/N-ethyl adjacent to an activating group) is 1. The highest BCUT2D eigenvalue weighted by Crippen LogP contribution is 2.31. The molecule has 1 heterocycles. The number of anilines is 2. The van der Waals surface area contributed by atoms with E-state index in [-0.39, 0.29) is 29.2 Å². The maximum Gasteiger partial charge on any atom is 0.237 e. The Balaban J connectivity index is 1.97. The van der Waals surface area contributed by atoms with Gasteiger partial charge in [-0.05, 0) is 32.2 Å². The normalized spacial score (nSPS) is 11.9. The van der Waals surface area contributed by atoms with Gasteiger partial charge in [0, 0.05) is 23.6 Å². The van der Waals surface area contributed by atoms with Crippen molar-refractivity contribution in [2.24, 2.45) is 0 Å². The van der Waals surface area contributed by atoms with Crippen molar-refractivity contribution in [1.29, 1.82) is 0 Å². The minimum absolute atomic E-state index is 0.0112. The van der Waals surface area contributed by atoms with Gasteiger partial charge in [0.05, 0.1) is 29.4 Å². The molecule has 0 spiro atoms. The van der Waals surface area contributed by atoms with Crippen LogP contribution in [-0.4, -0.2) is 36.1 Å². The number of nitrogens with zero attached hydrogens (tertiary/aromatic N) is 2. The van der Waals surface area contributed by atoms with Crippen molar-refractivity contribution < 1.29 is 13.9 Å². The van der Waals surface area contributed by atoms with E-state index >= 15 is 0 Å². The summed E-state index contributed by atoms with van der Waals surface area (Å²) in [7, 11) is 3.26. The second-order valence-corrected chi connectivity index (χ2v) is 6.77. The van der Waals surface area contributed by atoms with Crippen molar-refractivity contribution in [3.05, 3.63) is 53.1 Å². The van der Waals surface area contributed by atoms with Crippen LogP contribution in [0.5, 0.6) is 5.75 Å². The van der Waals surface area contributed by atoms with Gasteiger partial charge in [-0.1, -0.05) is 17.7 Å². The number of amides is 1. The first kappa shape index (κ1) is 20.8. The molecule has 0 saturated heterocycles. The Hall–Kier alpha value is -2.97. The molecule has 3 aromatic rings. The van der Waals surface area contributed by atoms with Crippen LogP contribution in [0.4, 0.5) is 15.9 Å². The van der Waals surface area contributed by atoms with E-state index in [9.17, 15) is 9.18 Å². The Labute approximate surface area is 172 Å². The molecule has 29 heavy (non-hydrogen) atoms. The molecule has 7 nitrogen and oxygen atoms in total. The molecule has 3 N–H and O–H groups in total. The van der Waals surface area contributed by atoms with E-state index in [1.165, 1.54) is 12.4 Å². The Morgan fingerprint density at radius 1 is 1.31 bits per heavy atom. The molecule has 1 amide bonds. The first-order valence-corrected chi connectivity index (χ1v) is 9.30. The lowest BCUT2D eigenvalue weighted by Crippen LogP contribution is -2.40. The van der Waals surface area contributed by atoms with Crippen molar-refractivity contribution >= 4 is 39.9 Å². The summed E-state index contributed by atoms with van der Waals surface area (Å²) in [5.41, 5.74) is 1.55. The average Bonchev–Trinajstić information content (AvgIpc) is 2.74. The molecular weight excluding hydrogens is 397 g/mol. The number of hydrogen-bond donors (Lipinski definition) is 3. The Morgan fingerprint density at radius 2 is 2.10 bits per heavy atom. The van der Waals surface area contributed by atoms with Crippen LogP contribution >= 0.6 is 11.6 Å². The quantitative estimate of drug-likeness (QED) is 0.546. The van der Waals surface area contributed by atoms with E-state index in [2.05, 4.69) is 25.9 Å². The van der Waals surface area contributed by atoms with Gasteiger partial charge in [0.2, 0.25) is 5.91 Å². The molecule has 0 radical (unpaired) electrons. The Bertz CT molecular complexity index is 1050. The SMILES string of the molecule is CN[C@@H](C)C(=O)NCc1cc2c(Nc3cccc(Cl)c3F)ncnc2cc1OC. The van der Waals surface area contributed by atoms with Gasteiger partial charge < -0.3 is 20.7 Å². The van der Waals surface area contributed by atoms with E-state index in [0.717, 1.165) is 5.56 Å². The molecule has 0 saturated carbocycles. The summed E-state index contributed by atoms with van der Waals surface area (Å²) in [6.45, 7) is 2.02. The van der Waals surface area contributed by atoms with Crippen molar-refractivity contribution in [3.63, 3.8) is 0 Å².